The van der Waals surface area contributed by atoms with Crippen LogP contribution in [0.4, 0.5) is 0 Å². The Morgan fingerprint density at radius 1 is 1.60 bits per heavy atom. The number of hydrogen-bond acceptors (Lipinski definition) is 5. The zero-order chi connectivity index (χ0) is 11.1. The van der Waals surface area contributed by atoms with Gasteiger partial charge in [0.2, 0.25) is 0 Å². The van der Waals surface area contributed by atoms with E-state index >= 15 is 0 Å². The topological polar surface area (TPSA) is 66.7 Å². The highest BCUT2D eigenvalue weighted by atomic mass is 16.7. The van der Waals surface area contributed by atoms with Gasteiger partial charge in [0.15, 0.2) is 5.79 Å². The van der Waals surface area contributed by atoms with Gasteiger partial charge in [0.25, 0.3) is 0 Å². The fourth-order valence-corrected chi connectivity index (χ4v) is 1.81. The van der Waals surface area contributed by atoms with E-state index in [4.69, 9.17) is 14.2 Å². The van der Waals surface area contributed by atoms with Gasteiger partial charge in [-0.25, -0.2) is 0 Å². The van der Waals surface area contributed by atoms with Crippen molar-refractivity contribution in [2.45, 2.75) is 44.7 Å². The molecular formula is C10H17NO4. The van der Waals surface area contributed by atoms with Crippen molar-refractivity contribution in [1.82, 2.24) is 5.32 Å². The summed E-state index contributed by atoms with van der Waals surface area (Å²) in [6.45, 7) is 6.48. The lowest BCUT2D eigenvalue weighted by molar-refractivity contribution is -0.145. The number of carbonyl (C=O) groups is 1. The van der Waals surface area contributed by atoms with Crippen molar-refractivity contribution in [2.75, 3.05) is 13.2 Å². The first-order chi connectivity index (χ1) is 7.03. The number of rotatable bonds is 3. The van der Waals surface area contributed by atoms with Crippen LogP contribution in [-0.2, 0) is 19.0 Å². The van der Waals surface area contributed by atoms with Gasteiger partial charge in [-0.2, -0.15) is 0 Å². The van der Waals surface area contributed by atoms with Crippen LogP contribution in [0.15, 0.2) is 0 Å². The first-order valence-electron chi connectivity index (χ1n) is 5.28. The molecule has 0 spiro atoms. The molecule has 0 aliphatic carbocycles. The largest absolute Gasteiger partial charge is 0.465 e. The Balaban J connectivity index is 1.82. The van der Waals surface area contributed by atoms with Crippen LogP contribution in [0.2, 0.25) is 0 Å². The second kappa shape index (κ2) is 3.73. The smallest absolute Gasteiger partial charge is 0.324 e. The molecule has 86 valence electrons. The van der Waals surface area contributed by atoms with E-state index in [0.717, 1.165) is 0 Å². The van der Waals surface area contributed by atoms with Crippen molar-refractivity contribution in [3.05, 3.63) is 0 Å². The van der Waals surface area contributed by atoms with Gasteiger partial charge in [-0.05, 0) is 20.8 Å². The normalized spacial score (nSPS) is 37.7. The third-order valence-electron chi connectivity index (χ3n) is 2.59. The van der Waals surface area contributed by atoms with E-state index in [1.165, 1.54) is 0 Å². The first-order valence-corrected chi connectivity index (χ1v) is 5.28. The number of hydrogen-bond donors (Lipinski definition) is 1. The highest BCUT2D eigenvalue weighted by Crippen LogP contribution is 2.30. The molecule has 2 aliphatic heterocycles. The summed E-state index contributed by atoms with van der Waals surface area (Å²) in [5.74, 6) is -0.732. The zero-order valence-corrected chi connectivity index (χ0v) is 9.28. The van der Waals surface area contributed by atoms with E-state index in [-0.39, 0.29) is 24.2 Å². The van der Waals surface area contributed by atoms with E-state index < -0.39 is 5.79 Å². The maximum Gasteiger partial charge on any atom is 0.324 e. The molecule has 5 nitrogen and oxygen atoms in total. The quantitative estimate of drug-likeness (QED) is 0.532. The molecule has 2 aliphatic rings. The Labute approximate surface area is 89.1 Å². The molecule has 2 heterocycles. The molecule has 5 heteroatoms. The van der Waals surface area contributed by atoms with Gasteiger partial charge in [0.1, 0.15) is 12.1 Å². The third kappa shape index (κ3) is 2.30. The molecule has 3 atom stereocenters. The predicted octanol–water partition coefficient (Wildman–Crippen LogP) is 0.0414. The van der Waals surface area contributed by atoms with Crippen LogP contribution in [0.5, 0.6) is 0 Å². The van der Waals surface area contributed by atoms with Crippen LogP contribution < -0.4 is 5.32 Å². The standard InChI is InChI=1S/C10H17NO4/c1-4-13-9(12)8-7(11-8)6-5-14-10(2,3)15-6/h6-8,11H,4-5H2,1-3H3/t6-,7+,8-/m1/s1. The Morgan fingerprint density at radius 3 is 2.87 bits per heavy atom. The Bertz CT molecular complexity index is 266. The fourth-order valence-electron chi connectivity index (χ4n) is 1.81. The summed E-state index contributed by atoms with van der Waals surface area (Å²) < 4.78 is 16.0. The van der Waals surface area contributed by atoms with Crippen LogP contribution in [-0.4, -0.2) is 43.2 Å². The van der Waals surface area contributed by atoms with Crippen molar-refractivity contribution >= 4 is 5.97 Å². The third-order valence-corrected chi connectivity index (χ3v) is 2.59. The van der Waals surface area contributed by atoms with Gasteiger partial charge in [-0.1, -0.05) is 0 Å². The second-order valence-corrected chi connectivity index (χ2v) is 4.29. The van der Waals surface area contributed by atoms with Crippen molar-refractivity contribution in [3.8, 4) is 0 Å². The second-order valence-electron chi connectivity index (χ2n) is 4.29. The maximum absolute atomic E-state index is 11.4. The molecule has 1 N–H and O–H groups in total. The molecule has 2 rings (SSSR count). The van der Waals surface area contributed by atoms with Gasteiger partial charge in [0.05, 0.1) is 19.3 Å². The minimum absolute atomic E-state index is 0.0468. The minimum Gasteiger partial charge on any atom is -0.465 e. The molecule has 0 unspecified atom stereocenters. The molecule has 2 fully saturated rings. The number of carbonyl (C=O) groups excluding carboxylic acids is 1. The van der Waals surface area contributed by atoms with Crippen LogP contribution >= 0.6 is 0 Å². The maximum atomic E-state index is 11.4. The lowest BCUT2D eigenvalue weighted by atomic mass is 10.2. The summed E-state index contributed by atoms with van der Waals surface area (Å²) in [4.78, 5) is 11.4. The molecule has 0 amide bonds. The molecular weight excluding hydrogens is 198 g/mol. The Hall–Kier alpha value is -0.650. The van der Waals surface area contributed by atoms with E-state index in [2.05, 4.69) is 5.32 Å². The molecule has 0 aromatic heterocycles. The first kappa shape index (κ1) is 10.9. The lowest BCUT2D eigenvalue weighted by Crippen LogP contribution is -2.27. The summed E-state index contributed by atoms with van der Waals surface area (Å²) in [7, 11) is 0. The van der Waals surface area contributed by atoms with Gasteiger partial charge >= 0.3 is 5.97 Å². The average molecular weight is 215 g/mol. The average Bonchev–Trinajstić information content (AvgIpc) is 2.86. The van der Waals surface area contributed by atoms with Crippen molar-refractivity contribution in [1.29, 1.82) is 0 Å². The minimum atomic E-state index is -0.534. The van der Waals surface area contributed by atoms with Crippen molar-refractivity contribution < 1.29 is 19.0 Å². The predicted molar refractivity (Wildman–Crippen MR) is 52.2 cm³/mol. The molecule has 15 heavy (non-hydrogen) atoms. The summed E-state index contributed by atoms with van der Waals surface area (Å²) in [5.41, 5.74) is 0. The van der Waals surface area contributed by atoms with Crippen LogP contribution in [0, 0.1) is 0 Å². The van der Waals surface area contributed by atoms with Crippen molar-refractivity contribution in [3.63, 3.8) is 0 Å². The number of nitrogens with one attached hydrogen (secondary N) is 1. The molecule has 0 aromatic carbocycles. The van der Waals surface area contributed by atoms with Gasteiger partial charge in [-0.15, -0.1) is 0 Å². The van der Waals surface area contributed by atoms with Gasteiger partial charge in [-0.3, -0.25) is 10.1 Å². The number of esters is 1. The molecule has 0 saturated carbocycles. The van der Waals surface area contributed by atoms with E-state index in [0.29, 0.717) is 13.2 Å². The Kier molecular flexibility index (Phi) is 2.70. The monoisotopic (exact) mass is 215 g/mol. The highest BCUT2D eigenvalue weighted by molar-refractivity contribution is 5.80. The van der Waals surface area contributed by atoms with Crippen LogP contribution in [0.3, 0.4) is 0 Å². The lowest BCUT2D eigenvalue weighted by Gasteiger charge is -2.16. The van der Waals surface area contributed by atoms with Crippen LogP contribution in [0.1, 0.15) is 20.8 Å². The summed E-state index contributed by atoms with van der Waals surface area (Å²) in [6.07, 6.45) is -0.0468. The number of ether oxygens (including phenoxy) is 3. The molecule has 0 radical (unpaired) electrons. The summed E-state index contributed by atoms with van der Waals surface area (Å²) in [5, 5.41) is 3.05. The van der Waals surface area contributed by atoms with Crippen LogP contribution in [0.25, 0.3) is 0 Å². The zero-order valence-electron chi connectivity index (χ0n) is 9.28. The molecule has 0 bridgehead atoms. The molecule has 0 aromatic rings. The van der Waals surface area contributed by atoms with E-state index in [1.807, 2.05) is 13.8 Å². The Morgan fingerprint density at radius 2 is 2.33 bits per heavy atom. The van der Waals surface area contributed by atoms with Crippen molar-refractivity contribution in [2.24, 2.45) is 0 Å². The highest BCUT2D eigenvalue weighted by Gasteiger charge is 2.52. The van der Waals surface area contributed by atoms with E-state index in [1.54, 1.807) is 6.92 Å². The van der Waals surface area contributed by atoms with Gasteiger partial charge < -0.3 is 14.2 Å². The van der Waals surface area contributed by atoms with Gasteiger partial charge in [0, 0.05) is 0 Å². The summed E-state index contributed by atoms with van der Waals surface area (Å²) in [6, 6.07) is -0.168. The molecule has 2 saturated heterocycles. The van der Waals surface area contributed by atoms with E-state index in [9.17, 15) is 4.79 Å². The SMILES string of the molecule is CCOC(=O)[C@@H]1N[C@H]1[C@H]1COC(C)(C)O1. The summed E-state index contributed by atoms with van der Waals surface area (Å²) >= 11 is 0. The fraction of sp³-hybridized carbons (Fsp3) is 0.900.